The summed E-state index contributed by atoms with van der Waals surface area (Å²) in [6.07, 6.45) is 15.5. The highest BCUT2D eigenvalue weighted by Gasteiger charge is 2.36. The Balaban J connectivity index is 1.24. The van der Waals surface area contributed by atoms with Crippen molar-refractivity contribution >= 4 is 29.5 Å². The van der Waals surface area contributed by atoms with E-state index in [1.54, 1.807) is 0 Å². The zero-order valence-corrected chi connectivity index (χ0v) is 28.2. The Morgan fingerprint density at radius 1 is 0.370 bits per heavy atom. The summed E-state index contributed by atoms with van der Waals surface area (Å²) in [5, 5.41) is 16.2. The van der Waals surface area contributed by atoms with E-state index in [1.165, 1.54) is 0 Å². The Bertz CT molecular complexity index is 1100. The molecule has 1 aliphatic heterocycles. The van der Waals surface area contributed by atoms with Crippen LogP contribution >= 0.6 is 0 Å². The maximum Gasteiger partial charge on any atom is 0.223 e. The first kappa shape index (κ1) is 34.7. The summed E-state index contributed by atoms with van der Waals surface area (Å²) >= 11 is 0. The van der Waals surface area contributed by atoms with Crippen LogP contribution in [0.15, 0.2) is 0 Å². The molecule has 5 rings (SSSR count). The average molecular weight is 642 g/mol. The fraction of sp³-hybridized carbons (Fsp3) is 0.861. The van der Waals surface area contributed by atoms with Crippen molar-refractivity contribution in [1.82, 2.24) is 26.6 Å². The molecule has 0 aromatic rings. The van der Waals surface area contributed by atoms with Gasteiger partial charge in [0.15, 0.2) is 0 Å². The summed E-state index contributed by atoms with van der Waals surface area (Å²) in [5.41, 5.74) is 0. The zero-order valence-electron chi connectivity index (χ0n) is 28.2. The molecular formula is C36H59N5O5. The molecule has 0 aromatic carbocycles. The first-order valence-corrected chi connectivity index (χ1v) is 18.7. The van der Waals surface area contributed by atoms with Crippen LogP contribution in [-0.2, 0) is 24.0 Å². The number of amides is 5. The maximum atomic E-state index is 13.4. The van der Waals surface area contributed by atoms with Crippen molar-refractivity contribution in [3.8, 4) is 0 Å². The molecule has 10 unspecified atom stereocenters. The SMILES string of the molecule is CC1CCCC(C)C(=O)NC2CCCC(C2)C(=O)NC2CCCC(C2)C(=O)NC2CCCC(C2)C(=O)NC2CCCC(C2)C(=O)N1. The van der Waals surface area contributed by atoms with Crippen molar-refractivity contribution in [2.75, 3.05) is 0 Å². The number of nitrogens with one attached hydrogen (secondary N) is 5. The van der Waals surface area contributed by atoms with Gasteiger partial charge >= 0.3 is 0 Å². The lowest BCUT2D eigenvalue weighted by Crippen LogP contribution is -2.49. The highest BCUT2D eigenvalue weighted by Crippen LogP contribution is 2.31. The second kappa shape index (κ2) is 16.4. The van der Waals surface area contributed by atoms with Crippen LogP contribution in [0.4, 0.5) is 0 Å². The summed E-state index contributed by atoms with van der Waals surface area (Å²) in [6, 6.07) is -0.00386. The molecule has 8 bridgehead atoms. The molecule has 10 nitrogen and oxygen atoms in total. The van der Waals surface area contributed by atoms with Crippen molar-refractivity contribution < 1.29 is 24.0 Å². The number of rotatable bonds is 0. The van der Waals surface area contributed by atoms with Crippen molar-refractivity contribution in [1.29, 1.82) is 0 Å². The van der Waals surface area contributed by atoms with Crippen LogP contribution in [0.25, 0.3) is 0 Å². The molecular weight excluding hydrogens is 582 g/mol. The molecule has 10 atom stereocenters. The molecule has 46 heavy (non-hydrogen) atoms. The van der Waals surface area contributed by atoms with Crippen LogP contribution < -0.4 is 26.6 Å². The Labute approximate surface area is 275 Å². The van der Waals surface area contributed by atoms with Gasteiger partial charge in [-0.25, -0.2) is 0 Å². The van der Waals surface area contributed by atoms with Crippen LogP contribution in [-0.4, -0.2) is 59.7 Å². The van der Waals surface area contributed by atoms with E-state index in [0.717, 1.165) is 96.3 Å². The first-order chi connectivity index (χ1) is 22.1. The number of hydrogen-bond donors (Lipinski definition) is 5. The van der Waals surface area contributed by atoms with E-state index in [0.29, 0.717) is 25.7 Å². The van der Waals surface area contributed by atoms with Crippen LogP contribution in [0.2, 0.25) is 0 Å². The van der Waals surface area contributed by atoms with Crippen molar-refractivity contribution in [2.45, 2.75) is 166 Å². The van der Waals surface area contributed by atoms with Crippen LogP contribution in [0.5, 0.6) is 0 Å². The molecule has 5 amide bonds. The third-order valence-electron chi connectivity index (χ3n) is 11.7. The minimum Gasteiger partial charge on any atom is -0.353 e. The van der Waals surface area contributed by atoms with Gasteiger partial charge in [-0.1, -0.05) is 39.0 Å². The van der Waals surface area contributed by atoms with Crippen molar-refractivity contribution in [2.24, 2.45) is 29.6 Å². The number of carbonyl (C=O) groups is 5. The monoisotopic (exact) mass is 641 g/mol. The standard InChI is InChI=1S/C36H59N5O5/c1-22-8-3-9-23(2)37-33(43)24-10-4-15-29(18-24)39-35(45)26-12-6-17-31(20-26)41-36(46)27-13-7-16-30(21-27)40-34(44)25-11-5-14-28(19-25)38-32(22)42/h22-31H,3-21H2,1-2H3,(H,37,43)(H,38,42)(H,39,45)(H,40,44)(H,41,46). The lowest BCUT2D eigenvalue weighted by atomic mass is 9.81. The average Bonchev–Trinajstić information content (AvgIpc) is 3.04. The zero-order chi connectivity index (χ0) is 32.6. The van der Waals surface area contributed by atoms with Crippen molar-refractivity contribution in [3.63, 3.8) is 0 Å². The van der Waals surface area contributed by atoms with Gasteiger partial charge in [-0.3, -0.25) is 24.0 Å². The van der Waals surface area contributed by atoms with Gasteiger partial charge in [-0.05, 0) is 96.8 Å². The van der Waals surface area contributed by atoms with E-state index in [4.69, 9.17) is 0 Å². The van der Waals surface area contributed by atoms with Gasteiger partial charge in [0.1, 0.15) is 0 Å². The third-order valence-corrected chi connectivity index (χ3v) is 11.7. The topological polar surface area (TPSA) is 146 Å². The van der Waals surface area contributed by atoms with E-state index in [2.05, 4.69) is 26.6 Å². The van der Waals surface area contributed by atoms with Crippen LogP contribution in [0.3, 0.4) is 0 Å². The molecule has 4 saturated carbocycles. The van der Waals surface area contributed by atoms with Gasteiger partial charge in [0.25, 0.3) is 0 Å². The molecule has 0 aromatic heterocycles. The van der Waals surface area contributed by atoms with Gasteiger partial charge in [-0.2, -0.15) is 0 Å². The maximum absolute atomic E-state index is 13.4. The van der Waals surface area contributed by atoms with Crippen molar-refractivity contribution in [3.05, 3.63) is 0 Å². The van der Waals surface area contributed by atoms with Crippen LogP contribution in [0.1, 0.15) is 136 Å². The second-order valence-corrected chi connectivity index (χ2v) is 15.5. The Morgan fingerprint density at radius 2 is 0.674 bits per heavy atom. The van der Waals surface area contributed by atoms with E-state index >= 15 is 0 Å². The molecule has 1 saturated heterocycles. The lowest BCUT2D eigenvalue weighted by Gasteiger charge is -2.35. The van der Waals surface area contributed by atoms with E-state index in [-0.39, 0.29) is 89.3 Å². The fourth-order valence-electron chi connectivity index (χ4n) is 8.83. The Kier molecular flexibility index (Phi) is 12.4. The number of carbonyl (C=O) groups excluding carboxylic acids is 5. The van der Waals surface area contributed by atoms with Gasteiger partial charge in [0, 0.05) is 59.8 Å². The predicted molar refractivity (Wildman–Crippen MR) is 176 cm³/mol. The molecule has 5 fully saturated rings. The summed E-state index contributed by atoms with van der Waals surface area (Å²) < 4.78 is 0. The Morgan fingerprint density at radius 3 is 1.04 bits per heavy atom. The molecule has 0 radical (unpaired) electrons. The first-order valence-electron chi connectivity index (χ1n) is 18.7. The lowest BCUT2D eigenvalue weighted by molar-refractivity contribution is -0.131. The third kappa shape index (κ3) is 9.69. The molecule has 0 spiro atoms. The largest absolute Gasteiger partial charge is 0.353 e. The summed E-state index contributed by atoms with van der Waals surface area (Å²) in [6.45, 7) is 3.99. The predicted octanol–water partition coefficient (Wildman–Crippen LogP) is 4.01. The minimum atomic E-state index is -0.135. The molecule has 10 heteroatoms. The van der Waals surface area contributed by atoms with Gasteiger partial charge in [-0.15, -0.1) is 0 Å². The molecule has 4 aliphatic carbocycles. The van der Waals surface area contributed by atoms with Gasteiger partial charge in [0.05, 0.1) is 0 Å². The van der Waals surface area contributed by atoms with Gasteiger partial charge in [0.2, 0.25) is 29.5 Å². The number of hydrogen-bond acceptors (Lipinski definition) is 5. The molecule has 5 N–H and O–H groups in total. The quantitative estimate of drug-likeness (QED) is 0.271. The summed E-state index contributed by atoms with van der Waals surface area (Å²) in [4.78, 5) is 66.3. The number of fused-ring (bicyclic) bond motifs is 8. The minimum absolute atomic E-state index is 0.00174. The van der Waals surface area contributed by atoms with E-state index in [1.807, 2.05) is 13.8 Å². The normalized spacial score (nSPS) is 39.4. The highest BCUT2D eigenvalue weighted by molar-refractivity contribution is 5.82. The summed E-state index contributed by atoms with van der Waals surface area (Å²) in [5.74, 6) is -0.360. The second-order valence-electron chi connectivity index (χ2n) is 15.5. The van der Waals surface area contributed by atoms with Crippen LogP contribution in [0, 0.1) is 29.6 Å². The molecule has 1 heterocycles. The Hall–Kier alpha value is -2.65. The van der Waals surface area contributed by atoms with E-state index in [9.17, 15) is 24.0 Å². The van der Waals surface area contributed by atoms with Gasteiger partial charge < -0.3 is 26.6 Å². The molecule has 5 aliphatic rings. The fourth-order valence-corrected chi connectivity index (χ4v) is 8.83. The summed E-state index contributed by atoms with van der Waals surface area (Å²) in [7, 11) is 0. The van der Waals surface area contributed by atoms with E-state index < -0.39 is 0 Å². The molecule has 258 valence electrons. The smallest absolute Gasteiger partial charge is 0.223 e. The highest BCUT2D eigenvalue weighted by atomic mass is 16.2.